The molecule has 184 valence electrons. The van der Waals surface area contributed by atoms with Gasteiger partial charge in [0.2, 0.25) is 5.91 Å². The zero-order valence-electron chi connectivity index (χ0n) is 20.8. The number of carbonyl (C=O) groups excluding carboxylic acids is 1. The maximum atomic E-state index is 13.5. The molecule has 0 spiro atoms. The molecular formula is C30H27N5O2. The topological polar surface area (TPSA) is 83.9 Å². The Hall–Kier alpha value is -4.78. The lowest BCUT2D eigenvalue weighted by Gasteiger charge is -2.21. The van der Waals surface area contributed by atoms with Crippen molar-refractivity contribution in [2.24, 2.45) is 0 Å². The minimum absolute atomic E-state index is 0.166. The summed E-state index contributed by atoms with van der Waals surface area (Å²) in [4.78, 5) is 35.2. The van der Waals surface area contributed by atoms with E-state index in [1.165, 1.54) is 0 Å². The summed E-state index contributed by atoms with van der Waals surface area (Å²) >= 11 is 0. The molecule has 5 rings (SSSR count). The Morgan fingerprint density at radius 1 is 0.919 bits per heavy atom. The first kappa shape index (κ1) is 23.9. The number of hydrogen-bond donors (Lipinski definition) is 1. The number of rotatable bonds is 7. The van der Waals surface area contributed by atoms with Crippen molar-refractivity contribution in [2.45, 2.75) is 26.9 Å². The first-order valence-electron chi connectivity index (χ1n) is 12.1. The molecule has 0 aliphatic heterocycles. The molecule has 0 aliphatic rings. The second-order valence-corrected chi connectivity index (χ2v) is 8.87. The summed E-state index contributed by atoms with van der Waals surface area (Å²) in [6.45, 7) is 4.46. The molecule has 0 fully saturated rings. The van der Waals surface area contributed by atoms with Crippen molar-refractivity contribution in [3.8, 4) is 5.69 Å². The molecule has 3 aromatic carbocycles. The van der Waals surface area contributed by atoms with E-state index < -0.39 is 0 Å². The van der Waals surface area contributed by atoms with E-state index in [0.29, 0.717) is 23.3 Å². The lowest BCUT2D eigenvalue weighted by Crippen LogP contribution is -2.30. The number of aromatic amines is 1. The van der Waals surface area contributed by atoms with Gasteiger partial charge in [-0.1, -0.05) is 60.7 Å². The molecule has 0 bridgehead atoms. The highest BCUT2D eigenvalue weighted by Gasteiger charge is 2.16. The van der Waals surface area contributed by atoms with Gasteiger partial charge in [-0.3, -0.25) is 9.59 Å². The van der Waals surface area contributed by atoms with Gasteiger partial charge in [0.05, 0.1) is 28.8 Å². The normalized spacial score (nSPS) is 11.3. The Kier molecular flexibility index (Phi) is 6.76. The Labute approximate surface area is 214 Å². The van der Waals surface area contributed by atoms with Crippen LogP contribution in [0.1, 0.15) is 28.3 Å². The van der Waals surface area contributed by atoms with Gasteiger partial charge >= 0.3 is 0 Å². The first-order valence-corrected chi connectivity index (χ1v) is 12.1. The van der Waals surface area contributed by atoms with Crippen molar-refractivity contribution in [1.82, 2.24) is 24.6 Å². The molecule has 1 N–H and O–H groups in total. The molecule has 7 nitrogen and oxygen atoms in total. The first-order chi connectivity index (χ1) is 18.0. The highest BCUT2D eigenvalue weighted by molar-refractivity contribution is 5.92. The van der Waals surface area contributed by atoms with E-state index in [0.717, 1.165) is 28.2 Å². The summed E-state index contributed by atoms with van der Waals surface area (Å²) in [6.07, 6.45) is 3.38. The zero-order chi connectivity index (χ0) is 25.8. The molecular weight excluding hydrogens is 462 g/mol. The second kappa shape index (κ2) is 10.5. The van der Waals surface area contributed by atoms with Gasteiger partial charge in [0.1, 0.15) is 5.82 Å². The highest BCUT2D eigenvalue weighted by Crippen LogP contribution is 2.20. The molecule has 0 atom stereocenters. The predicted molar refractivity (Wildman–Crippen MR) is 145 cm³/mol. The number of benzene rings is 3. The molecule has 0 unspecified atom stereocenters. The van der Waals surface area contributed by atoms with Crippen LogP contribution < -0.4 is 5.56 Å². The van der Waals surface area contributed by atoms with Crippen molar-refractivity contribution < 1.29 is 4.79 Å². The lowest BCUT2D eigenvalue weighted by molar-refractivity contribution is -0.127. The molecule has 5 aromatic rings. The largest absolute Gasteiger partial charge is 0.327 e. The van der Waals surface area contributed by atoms with E-state index in [1.54, 1.807) is 29.2 Å². The zero-order valence-corrected chi connectivity index (χ0v) is 20.8. The van der Waals surface area contributed by atoms with Crippen LogP contribution in [0, 0.1) is 13.8 Å². The highest BCUT2D eigenvalue weighted by atomic mass is 16.2. The second-order valence-electron chi connectivity index (χ2n) is 8.87. The number of para-hydroxylation sites is 2. The molecule has 0 saturated heterocycles. The van der Waals surface area contributed by atoms with Gasteiger partial charge in [-0.05, 0) is 49.8 Å². The van der Waals surface area contributed by atoms with Crippen molar-refractivity contribution in [3.63, 3.8) is 0 Å². The fraction of sp³-hybridized carbons (Fsp3) is 0.133. The van der Waals surface area contributed by atoms with Crippen molar-refractivity contribution in [3.05, 3.63) is 130 Å². The summed E-state index contributed by atoms with van der Waals surface area (Å²) in [5.41, 5.74) is 5.01. The monoisotopic (exact) mass is 489 g/mol. The number of aryl methyl sites for hydroxylation is 1. The van der Waals surface area contributed by atoms with Crippen molar-refractivity contribution in [2.75, 3.05) is 0 Å². The average molecular weight is 490 g/mol. The fourth-order valence-corrected chi connectivity index (χ4v) is 4.38. The van der Waals surface area contributed by atoms with Crippen LogP contribution in [0.4, 0.5) is 0 Å². The number of aromatic nitrogens is 4. The van der Waals surface area contributed by atoms with Gasteiger partial charge < -0.3 is 9.88 Å². The smallest absolute Gasteiger partial charge is 0.258 e. The van der Waals surface area contributed by atoms with Gasteiger partial charge in [0.15, 0.2) is 0 Å². The third kappa shape index (κ3) is 5.26. The van der Waals surface area contributed by atoms with Crippen LogP contribution in [0.15, 0.2) is 95.8 Å². The number of fused-ring (bicyclic) bond motifs is 1. The van der Waals surface area contributed by atoms with Crippen LogP contribution in [0.3, 0.4) is 0 Å². The van der Waals surface area contributed by atoms with Crippen LogP contribution in [0.2, 0.25) is 0 Å². The third-order valence-corrected chi connectivity index (χ3v) is 6.27. The average Bonchev–Trinajstić information content (AvgIpc) is 3.21. The Balaban J connectivity index is 1.44. The number of amides is 1. The van der Waals surface area contributed by atoms with Gasteiger partial charge in [-0.15, -0.1) is 0 Å². The van der Waals surface area contributed by atoms with E-state index in [4.69, 9.17) is 0 Å². The summed E-state index contributed by atoms with van der Waals surface area (Å²) < 4.78 is 1.88. The summed E-state index contributed by atoms with van der Waals surface area (Å²) in [5.74, 6) is 0.247. The fourth-order valence-electron chi connectivity index (χ4n) is 4.38. The van der Waals surface area contributed by atoms with Crippen LogP contribution in [0.5, 0.6) is 0 Å². The van der Waals surface area contributed by atoms with Gasteiger partial charge in [-0.25, -0.2) is 9.67 Å². The Morgan fingerprint density at radius 3 is 2.35 bits per heavy atom. The van der Waals surface area contributed by atoms with Crippen LogP contribution in [-0.4, -0.2) is 30.6 Å². The Bertz CT molecular complexity index is 1640. The van der Waals surface area contributed by atoms with Crippen LogP contribution >= 0.6 is 0 Å². The van der Waals surface area contributed by atoms with Crippen LogP contribution in [-0.2, 0) is 17.9 Å². The maximum Gasteiger partial charge on any atom is 0.258 e. The minimum Gasteiger partial charge on any atom is -0.327 e. The standard InChI is InChI=1S/C30H27N5O2/c1-21-25(22(2)35(33-21)24-13-7-4-8-14-24)17-18-29(36)34(19-23-11-5-3-6-12-23)20-28-31-27-16-10-9-15-26(27)30(37)32-28/h3-18H,19-20H2,1-2H3,(H,31,32,37)/b18-17+. The van der Waals surface area contributed by atoms with Crippen LogP contribution in [0.25, 0.3) is 22.7 Å². The molecule has 0 aliphatic carbocycles. The van der Waals surface area contributed by atoms with E-state index in [-0.39, 0.29) is 18.0 Å². The third-order valence-electron chi connectivity index (χ3n) is 6.27. The van der Waals surface area contributed by atoms with Gasteiger partial charge in [0.25, 0.3) is 5.56 Å². The summed E-state index contributed by atoms with van der Waals surface area (Å²) in [7, 11) is 0. The molecule has 37 heavy (non-hydrogen) atoms. The summed E-state index contributed by atoms with van der Waals surface area (Å²) in [6, 6.07) is 26.8. The van der Waals surface area contributed by atoms with Gasteiger partial charge in [0, 0.05) is 23.9 Å². The van der Waals surface area contributed by atoms with Crippen molar-refractivity contribution >= 4 is 22.9 Å². The van der Waals surface area contributed by atoms with E-state index in [2.05, 4.69) is 15.1 Å². The number of nitrogens with zero attached hydrogens (tertiary/aromatic N) is 4. The van der Waals surface area contributed by atoms with E-state index >= 15 is 0 Å². The van der Waals surface area contributed by atoms with E-state index in [9.17, 15) is 9.59 Å². The number of hydrogen-bond acceptors (Lipinski definition) is 4. The molecule has 1 amide bonds. The quantitative estimate of drug-likeness (QED) is 0.327. The minimum atomic E-state index is -0.220. The van der Waals surface area contributed by atoms with E-state index in [1.807, 2.05) is 91.3 Å². The number of nitrogens with one attached hydrogen (secondary N) is 1. The predicted octanol–water partition coefficient (Wildman–Crippen LogP) is 4.97. The lowest BCUT2D eigenvalue weighted by atomic mass is 10.1. The SMILES string of the molecule is Cc1nn(-c2ccccc2)c(C)c1/C=C/C(=O)N(Cc1ccccc1)Cc1nc2ccccc2c(=O)[nH]1. The molecule has 0 radical (unpaired) electrons. The molecule has 7 heteroatoms. The van der Waals surface area contributed by atoms with Crippen molar-refractivity contribution in [1.29, 1.82) is 0 Å². The number of carbonyl (C=O) groups is 1. The Morgan fingerprint density at radius 2 is 1.59 bits per heavy atom. The number of H-pyrrole nitrogens is 1. The summed E-state index contributed by atoms with van der Waals surface area (Å²) in [5, 5.41) is 5.19. The molecule has 2 aromatic heterocycles. The maximum absolute atomic E-state index is 13.5. The van der Waals surface area contributed by atoms with Gasteiger partial charge in [-0.2, -0.15) is 5.10 Å². The molecule has 0 saturated carbocycles. The molecule has 2 heterocycles.